The van der Waals surface area contributed by atoms with E-state index in [1.54, 1.807) is 64.2 Å². The van der Waals surface area contributed by atoms with Crippen molar-refractivity contribution < 1.29 is 0 Å². The van der Waals surface area contributed by atoms with Crippen molar-refractivity contribution in [3.63, 3.8) is 0 Å². The molecule has 4 unspecified atom stereocenters. The van der Waals surface area contributed by atoms with Gasteiger partial charge < -0.3 is 0 Å². The normalized spacial score (nSPS) is 50.9. The Morgan fingerprint density at radius 3 is 1.74 bits per heavy atom. The number of thioether (sulfide) groups is 1. The zero-order valence-electron chi connectivity index (χ0n) is 15.5. The van der Waals surface area contributed by atoms with Crippen molar-refractivity contribution in [2.24, 2.45) is 41.4 Å². The Balaban J connectivity index is 1.28. The van der Waals surface area contributed by atoms with E-state index in [4.69, 9.17) is 0 Å². The third kappa shape index (κ3) is 3.38. The second kappa shape index (κ2) is 7.30. The first-order valence-electron chi connectivity index (χ1n) is 10.8. The Kier molecular flexibility index (Phi) is 5.33. The van der Waals surface area contributed by atoms with Gasteiger partial charge in [-0.3, -0.25) is 0 Å². The van der Waals surface area contributed by atoms with Crippen molar-refractivity contribution in [2.45, 2.75) is 89.2 Å². The maximum atomic E-state index is 2.57. The quantitative estimate of drug-likeness (QED) is 0.547. The summed E-state index contributed by atoms with van der Waals surface area (Å²) in [4.78, 5) is 0. The van der Waals surface area contributed by atoms with Gasteiger partial charge in [0.1, 0.15) is 0 Å². The van der Waals surface area contributed by atoms with Crippen LogP contribution in [0.25, 0.3) is 0 Å². The molecule has 0 N–H and O–H groups in total. The summed E-state index contributed by atoms with van der Waals surface area (Å²) in [6.07, 6.45) is 21.1. The summed E-state index contributed by atoms with van der Waals surface area (Å²) >= 11 is 2.12. The smallest absolute Gasteiger partial charge is 0.00444 e. The Morgan fingerprint density at radius 1 is 0.565 bits per heavy atom. The fourth-order valence-electron chi connectivity index (χ4n) is 7.42. The van der Waals surface area contributed by atoms with Gasteiger partial charge in [0.15, 0.2) is 0 Å². The van der Waals surface area contributed by atoms with Crippen molar-refractivity contribution in [3.8, 4) is 0 Å². The second-order valence-electron chi connectivity index (χ2n) is 9.58. The van der Waals surface area contributed by atoms with Crippen LogP contribution in [0.4, 0.5) is 0 Å². The first-order chi connectivity index (χ1) is 11.3. The highest BCUT2D eigenvalue weighted by Gasteiger charge is 2.46. The summed E-state index contributed by atoms with van der Waals surface area (Å²) in [5.41, 5.74) is 0. The molecule has 132 valence electrons. The summed E-state index contributed by atoms with van der Waals surface area (Å²) in [6.45, 7) is 2.57. The maximum Gasteiger partial charge on any atom is 0.00444 e. The van der Waals surface area contributed by atoms with Gasteiger partial charge in [-0.05, 0) is 118 Å². The molecule has 0 bridgehead atoms. The number of rotatable bonds is 3. The van der Waals surface area contributed by atoms with Gasteiger partial charge in [0.25, 0.3) is 0 Å². The van der Waals surface area contributed by atoms with Crippen LogP contribution in [-0.2, 0) is 0 Å². The van der Waals surface area contributed by atoms with Crippen molar-refractivity contribution in [1.82, 2.24) is 0 Å². The fourth-order valence-corrected chi connectivity index (χ4v) is 8.17. The average Bonchev–Trinajstić information content (AvgIpc) is 3.19. The van der Waals surface area contributed by atoms with Crippen LogP contribution in [-0.4, -0.2) is 11.5 Å². The lowest BCUT2D eigenvalue weighted by atomic mass is 9.66. The van der Waals surface area contributed by atoms with Gasteiger partial charge in [0, 0.05) is 5.25 Å². The molecule has 0 aliphatic heterocycles. The van der Waals surface area contributed by atoms with E-state index in [9.17, 15) is 0 Å². The predicted molar refractivity (Wildman–Crippen MR) is 103 cm³/mol. The lowest BCUT2D eigenvalue weighted by Crippen LogP contribution is -2.30. The van der Waals surface area contributed by atoms with Gasteiger partial charge in [-0.15, -0.1) is 0 Å². The molecule has 0 amide bonds. The van der Waals surface area contributed by atoms with Crippen molar-refractivity contribution in [1.29, 1.82) is 0 Å². The predicted octanol–water partition coefficient (Wildman–Crippen LogP) is 6.79. The van der Waals surface area contributed by atoms with E-state index < -0.39 is 0 Å². The van der Waals surface area contributed by atoms with E-state index in [0.717, 1.165) is 46.7 Å². The second-order valence-corrected chi connectivity index (χ2v) is 10.7. The van der Waals surface area contributed by atoms with Crippen molar-refractivity contribution in [2.75, 3.05) is 6.26 Å². The molecule has 4 aliphatic carbocycles. The van der Waals surface area contributed by atoms with E-state index >= 15 is 0 Å². The highest BCUT2D eigenvalue weighted by Crippen LogP contribution is 2.56. The summed E-state index contributed by atoms with van der Waals surface area (Å²) in [5, 5.41) is 0.988. The van der Waals surface area contributed by atoms with Crippen LogP contribution in [0.5, 0.6) is 0 Å². The zero-order valence-corrected chi connectivity index (χ0v) is 16.3. The molecule has 0 nitrogen and oxygen atoms in total. The molecule has 23 heavy (non-hydrogen) atoms. The molecule has 4 saturated carbocycles. The zero-order chi connectivity index (χ0) is 15.8. The fraction of sp³-hybridized carbons (Fsp3) is 1.00. The average molecular weight is 335 g/mol. The molecule has 0 heterocycles. The summed E-state index contributed by atoms with van der Waals surface area (Å²) < 4.78 is 0. The van der Waals surface area contributed by atoms with Crippen LogP contribution in [0, 0.1) is 41.4 Å². The minimum atomic E-state index is 0.988. The molecule has 4 rings (SSSR count). The van der Waals surface area contributed by atoms with Gasteiger partial charge >= 0.3 is 0 Å². The van der Waals surface area contributed by atoms with E-state index in [-0.39, 0.29) is 0 Å². The molecule has 0 aromatic rings. The molecular formula is C22H38S. The lowest BCUT2D eigenvalue weighted by Gasteiger charge is -2.40. The molecule has 0 aromatic heterocycles. The SMILES string of the molecule is CSC1CCC(C2CCC(C3CCC4CCC(C)C43)CC2)CC1. The highest BCUT2D eigenvalue weighted by atomic mass is 32.2. The lowest BCUT2D eigenvalue weighted by molar-refractivity contribution is 0.111. The van der Waals surface area contributed by atoms with Crippen LogP contribution >= 0.6 is 11.8 Å². The molecule has 0 radical (unpaired) electrons. The van der Waals surface area contributed by atoms with E-state index in [1.807, 2.05) is 0 Å². The van der Waals surface area contributed by atoms with E-state index in [2.05, 4.69) is 24.9 Å². The standard InChI is InChI=1S/C22H38S/c1-15-3-4-19-11-14-21(22(15)19)18-7-5-16(6-8-18)17-9-12-20(23-2)13-10-17/h15-22H,3-14H2,1-2H3. The van der Waals surface area contributed by atoms with Crippen LogP contribution < -0.4 is 0 Å². The largest absolute Gasteiger partial charge is 0.162 e. The molecule has 4 aliphatic rings. The van der Waals surface area contributed by atoms with Crippen LogP contribution in [0.15, 0.2) is 0 Å². The molecular weight excluding hydrogens is 296 g/mol. The summed E-state index contributed by atoms with van der Waals surface area (Å²) in [5.74, 6) is 7.76. The number of hydrogen-bond donors (Lipinski definition) is 0. The van der Waals surface area contributed by atoms with Gasteiger partial charge in [-0.1, -0.05) is 13.3 Å². The molecule has 4 fully saturated rings. The molecule has 4 atom stereocenters. The number of hydrogen-bond acceptors (Lipinski definition) is 1. The summed E-state index contributed by atoms with van der Waals surface area (Å²) in [7, 11) is 0. The van der Waals surface area contributed by atoms with E-state index in [1.165, 1.54) is 12.8 Å². The first-order valence-corrected chi connectivity index (χ1v) is 12.1. The Hall–Kier alpha value is 0.350. The Labute approximate surface area is 149 Å². The Morgan fingerprint density at radius 2 is 1.09 bits per heavy atom. The topological polar surface area (TPSA) is 0 Å². The van der Waals surface area contributed by atoms with Gasteiger partial charge in [0.2, 0.25) is 0 Å². The minimum absolute atomic E-state index is 0.988. The third-order valence-electron chi connectivity index (χ3n) is 8.70. The first kappa shape index (κ1) is 16.8. The molecule has 1 heteroatoms. The van der Waals surface area contributed by atoms with Gasteiger partial charge in [-0.2, -0.15) is 11.8 Å². The van der Waals surface area contributed by atoms with Gasteiger partial charge in [-0.25, -0.2) is 0 Å². The Bertz CT molecular complexity index is 375. The maximum absolute atomic E-state index is 2.57. The van der Waals surface area contributed by atoms with Crippen molar-refractivity contribution >= 4 is 11.8 Å². The van der Waals surface area contributed by atoms with Gasteiger partial charge in [0.05, 0.1) is 0 Å². The minimum Gasteiger partial charge on any atom is -0.162 e. The molecule has 0 saturated heterocycles. The third-order valence-corrected chi connectivity index (χ3v) is 9.84. The highest BCUT2D eigenvalue weighted by molar-refractivity contribution is 7.99. The van der Waals surface area contributed by atoms with Crippen LogP contribution in [0.2, 0.25) is 0 Å². The van der Waals surface area contributed by atoms with E-state index in [0.29, 0.717) is 0 Å². The monoisotopic (exact) mass is 334 g/mol. The molecule has 0 aromatic carbocycles. The molecule has 0 spiro atoms. The summed E-state index contributed by atoms with van der Waals surface area (Å²) in [6, 6.07) is 0. The van der Waals surface area contributed by atoms with Crippen LogP contribution in [0.3, 0.4) is 0 Å². The van der Waals surface area contributed by atoms with Crippen molar-refractivity contribution in [3.05, 3.63) is 0 Å². The number of fused-ring (bicyclic) bond motifs is 1. The van der Waals surface area contributed by atoms with Crippen LogP contribution in [0.1, 0.15) is 84.0 Å².